The first-order valence-electron chi connectivity index (χ1n) is 11.6. The summed E-state index contributed by atoms with van der Waals surface area (Å²) in [5.41, 5.74) is 2.51. The summed E-state index contributed by atoms with van der Waals surface area (Å²) in [7, 11) is 0. The molecule has 1 amide bonds. The second-order valence-electron chi connectivity index (χ2n) is 8.66. The molecule has 1 aliphatic rings. The summed E-state index contributed by atoms with van der Waals surface area (Å²) in [6.07, 6.45) is 3.00. The zero-order chi connectivity index (χ0) is 22.6. The average molecular weight is 464 g/mol. The summed E-state index contributed by atoms with van der Waals surface area (Å²) in [5, 5.41) is 11.6. The van der Waals surface area contributed by atoms with Crippen LogP contribution in [-0.2, 0) is 11.3 Å². The molecule has 0 spiro atoms. The van der Waals surface area contributed by atoms with Crippen molar-refractivity contribution in [3.63, 3.8) is 0 Å². The Hall–Kier alpha value is -2.97. The third kappa shape index (κ3) is 5.02. The van der Waals surface area contributed by atoms with Crippen molar-refractivity contribution in [1.82, 2.24) is 25.0 Å². The predicted molar refractivity (Wildman–Crippen MR) is 130 cm³/mol. The molecule has 0 radical (unpaired) electrons. The Kier molecular flexibility index (Phi) is 6.55. The van der Waals surface area contributed by atoms with Gasteiger partial charge in [0.1, 0.15) is 0 Å². The topological polar surface area (TPSA) is 78.3 Å². The maximum atomic E-state index is 13.1. The van der Waals surface area contributed by atoms with Crippen LogP contribution in [0.25, 0.3) is 21.7 Å². The van der Waals surface area contributed by atoms with E-state index in [4.69, 9.17) is 4.42 Å². The van der Waals surface area contributed by atoms with Gasteiger partial charge in [-0.1, -0.05) is 31.2 Å². The monoisotopic (exact) mass is 463 g/mol. The molecular weight excluding hydrogens is 434 g/mol. The number of likely N-dealkylation sites (tertiary alicyclic amines) is 1. The number of nitrogens with one attached hydrogen (secondary N) is 1. The summed E-state index contributed by atoms with van der Waals surface area (Å²) >= 11 is 1.56. The van der Waals surface area contributed by atoms with Gasteiger partial charge in [0.15, 0.2) is 0 Å². The Morgan fingerprint density at radius 1 is 1.21 bits per heavy atom. The molecule has 1 saturated heterocycles. The number of nitrogens with zero attached hydrogens (tertiary/aromatic N) is 4. The standard InChI is InChI=1S/C25H29N5O2S/c1-2-11-30(16-23-27-28-25(32-23)22-8-5-14-33-22)24(31)17-29-12-9-18(10-13-29)21-15-19-6-3-4-7-20(19)26-21/h3-8,14-15,18,26H,2,9-13,16-17H2,1H3. The van der Waals surface area contributed by atoms with Crippen LogP contribution in [0.4, 0.5) is 0 Å². The highest BCUT2D eigenvalue weighted by molar-refractivity contribution is 7.13. The van der Waals surface area contributed by atoms with Crippen molar-refractivity contribution in [1.29, 1.82) is 0 Å². The third-order valence-corrected chi connectivity index (χ3v) is 7.17. The fourth-order valence-electron chi connectivity index (χ4n) is 4.55. The second kappa shape index (κ2) is 9.89. The van der Waals surface area contributed by atoms with E-state index in [9.17, 15) is 4.79 Å². The number of H-pyrrole nitrogens is 1. The quantitative estimate of drug-likeness (QED) is 0.402. The molecule has 8 heteroatoms. The lowest BCUT2D eigenvalue weighted by atomic mass is 9.93. The van der Waals surface area contributed by atoms with E-state index in [-0.39, 0.29) is 5.91 Å². The molecule has 0 aliphatic carbocycles. The van der Waals surface area contributed by atoms with Crippen LogP contribution >= 0.6 is 11.3 Å². The zero-order valence-electron chi connectivity index (χ0n) is 18.9. The maximum Gasteiger partial charge on any atom is 0.257 e. The van der Waals surface area contributed by atoms with Crippen LogP contribution in [0.3, 0.4) is 0 Å². The summed E-state index contributed by atoms with van der Waals surface area (Å²) in [6, 6.07) is 14.6. The fourth-order valence-corrected chi connectivity index (χ4v) is 5.20. The normalized spacial score (nSPS) is 15.3. The number of aromatic amines is 1. The minimum atomic E-state index is 0.122. The first kappa shape index (κ1) is 21.9. The van der Waals surface area contributed by atoms with Gasteiger partial charge >= 0.3 is 0 Å². The molecule has 5 rings (SSSR count). The molecule has 0 atom stereocenters. The van der Waals surface area contributed by atoms with E-state index in [1.807, 2.05) is 22.4 Å². The van der Waals surface area contributed by atoms with Gasteiger partial charge in [-0.15, -0.1) is 21.5 Å². The van der Waals surface area contributed by atoms with E-state index in [1.54, 1.807) is 11.3 Å². The third-order valence-electron chi connectivity index (χ3n) is 6.31. The summed E-state index contributed by atoms with van der Waals surface area (Å²) in [6.45, 7) is 5.41. The van der Waals surface area contributed by atoms with E-state index >= 15 is 0 Å². The molecule has 0 saturated carbocycles. The van der Waals surface area contributed by atoms with Gasteiger partial charge in [-0.3, -0.25) is 9.69 Å². The number of piperidine rings is 1. The van der Waals surface area contributed by atoms with Gasteiger partial charge in [0, 0.05) is 23.7 Å². The lowest BCUT2D eigenvalue weighted by Gasteiger charge is -2.32. The number of aromatic nitrogens is 3. The number of amides is 1. The van der Waals surface area contributed by atoms with Crippen LogP contribution in [0.15, 0.2) is 52.3 Å². The smallest absolute Gasteiger partial charge is 0.257 e. The van der Waals surface area contributed by atoms with Crippen LogP contribution in [-0.4, -0.2) is 57.1 Å². The van der Waals surface area contributed by atoms with Crippen molar-refractivity contribution in [3.05, 3.63) is 59.4 Å². The number of hydrogen-bond donors (Lipinski definition) is 1. The number of thiophene rings is 1. The van der Waals surface area contributed by atoms with Crippen molar-refractivity contribution in [2.45, 2.75) is 38.6 Å². The molecule has 33 heavy (non-hydrogen) atoms. The number of carbonyl (C=O) groups excluding carboxylic acids is 1. The van der Waals surface area contributed by atoms with Crippen LogP contribution in [0.5, 0.6) is 0 Å². The number of fused-ring (bicyclic) bond motifs is 1. The Morgan fingerprint density at radius 2 is 2.06 bits per heavy atom. The molecule has 1 N–H and O–H groups in total. The van der Waals surface area contributed by atoms with Gasteiger partial charge in [0.05, 0.1) is 18.0 Å². The molecule has 1 fully saturated rings. The molecular formula is C25H29N5O2S. The highest BCUT2D eigenvalue weighted by Crippen LogP contribution is 2.30. The van der Waals surface area contributed by atoms with Crippen molar-refractivity contribution in [3.8, 4) is 10.8 Å². The Morgan fingerprint density at radius 3 is 2.82 bits per heavy atom. The van der Waals surface area contributed by atoms with Gasteiger partial charge in [-0.25, -0.2) is 0 Å². The lowest BCUT2D eigenvalue weighted by molar-refractivity contribution is -0.133. The number of para-hydroxylation sites is 1. The van der Waals surface area contributed by atoms with E-state index in [0.717, 1.165) is 37.2 Å². The molecule has 3 aromatic heterocycles. The molecule has 4 heterocycles. The minimum Gasteiger partial charge on any atom is -0.418 e. The van der Waals surface area contributed by atoms with Gasteiger partial charge in [0.25, 0.3) is 5.89 Å². The first-order valence-corrected chi connectivity index (χ1v) is 12.5. The Bertz CT molecular complexity index is 1160. The largest absolute Gasteiger partial charge is 0.418 e. The molecule has 4 aromatic rings. The van der Waals surface area contributed by atoms with Gasteiger partial charge in [-0.2, -0.15) is 0 Å². The van der Waals surface area contributed by atoms with Crippen molar-refractivity contribution in [2.24, 2.45) is 0 Å². The zero-order valence-corrected chi connectivity index (χ0v) is 19.7. The highest BCUT2D eigenvalue weighted by Gasteiger charge is 2.25. The van der Waals surface area contributed by atoms with Crippen molar-refractivity contribution < 1.29 is 9.21 Å². The van der Waals surface area contributed by atoms with E-state index in [2.05, 4.69) is 57.3 Å². The number of rotatable bonds is 8. The van der Waals surface area contributed by atoms with Gasteiger partial charge in [-0.05, 0) is 61.3 Å². The van der Waals surface area contributed by atoms with Crippen LogP contribution in [0.2, 0.25) is 0 Å². The van der Waals surface area contributed by atoms with Crippen molar-refractivity contribution >= 4 is 28.1 Å². The van der Waals surface area contributed by atoms with Gasteiger partial charge in [0.2, 0.25) is 11.8 Å². The molecule has 0 unspecified atom stereocenters. The molecule has 172 valence electrons. The summed E-state index contributed by atoms with van der Waals surface area (Å²) in [5.74, 6) is 1.64. The van der Waals surface area contributed by atoms with E-state index in [1.165, 1.54) is 16.6 Å². The van der Waals surface area contributed by atoms with Crippen LogP contribution < -0.4 is 0 Å². The highest BCUT2D eigenvalue weighted by atomic mass is 32.1. The van der Waals surface area contributed by atoms with Gasteiger partial charge < -0.3 is 14.3 Å². The summed E-state index contributed by atoms with van der Waals surface area (Å²) < 4.78 is 5.81. The molecule has 1 aromatic carbocycles. The minimum absolute atomic E-state index is 0.122. The Balaban J connectivity index is 1.16. The Labute approximate surface area is 197 Å². The van der Waals surface area contributed by atoms with Crippen molar-refractivity contribution in [2.75, 3.05) is 26.2 Å². The van der Waals surface area contributed by atoms with Crippen LogP contribution in [0.1, 0.15) is 43.7 Å². The SMILES string of the molecule is CCCN(Cc1nnc(-c2cccs2)o1)C(=O)CN1CCC(c2cc3ccccc3[nH]2)CC1. The molecule has 0 bridgehead atoms. The number of carbonyl (C=O) groups is 1. The predicted octanol–water partition coefficient (Wildman–Crippen LogP) is 4.90. The summed E-state index contributed by atoms with van der Waals surface area (Å²) in [4.78, 5) is 21.7. The fraction of sp³-hybridized carbons (Fsp3) is 0.400. The molecule has 1 aliphatic heterocycles. The van der Waals surface area contributed by atoms with E-state index in [0.29, 0.717) is 37.3 Å². The number of hydrogen-bond acceptors (Lipinski definition) is 6. The lowest BCUT2D eigenvalue weighted by Crippen LogP contribution is -2.43. The second-order valence-corrected chi connectivity index (χ2v) is 9.60. The maximum absolute atomic E-state index is 13.1. The number of benzene rings is 1. The first-order chi connectivity index (χ1) is 16.2. The van der Waals surface area contributed by atoms with E-state index < -0.39 is 0 Å². The molecule has 7 nitrogen and oxygen atoms in total. The van der Waals surface area contributed by atoms with Crippen LogP contribution in [0, 0.1) is 0 Å². The average Bonchev–Trinajstić information content (AvgIpc) is 3.59.